The molecule has 0 saturated heterocycles. The van der Waals surface area contributed by atoms with Gasteiger partial charge in [-0.3, -0.25) is 4.79 Å². The third-order valence-corrected chi connectivity index (χ3v) is 3.27. The summed E-state index contributed by atoms with van der Waals surface area (Å²) >= 11 is 1.42. The number of rotatable bonds is 4. The molecule has 1 atom stereocenters. The van der Waals surface area contributed by atoms with E-state index in [-0.39, 0.29) is 5.78 Å². The van der Waals surface area contributed by atoms with Crippen LogP contribution in [0, 0.1) is 11.3 Å². The number of ketones is 1. The lowest BCUT2D eigenvalue weighted by Crippen LogP contribution is -2.13. The van der Waals surface area contributed by atoms with Gasteiger partial charge in [0.05, 0.1) is 17.1 Å². The molecule has 0 amide bonds. The van der Waals surface area contributed by atoms with Crippen LogP contribution in [-0.2, 0) is 11.8 Å². The SMILES string of the molecule is CS/C=C/C(=O)C(C#N)c1nc2ccccc2n1C. The first-order chi connectivity index (χ1) is 9.19. The van der Waals surface area contributed by atoms with E-state index in [0.29, 0.717) is 5.82 Å². The Balaban J connectivity index is 2.47. The molecule has 1 heterocycles. The lowest BCUT2D eigenvalue weighted by atomic mass is 10.1. The number of nitrogens with zero attached hydrogens (tertiary/aromatic N) is 3. The first kappa shape index (κ1) is 13.4. The minimum Gasteiger partial charge on any atom is -0.330 e. The zero-order valence-corrected chi connectivity index (χ0v) is 11.5. The minimum absolute atomic E-state index is 0.241. The topological polar surface area (TPSA) is 58.7 Å². The molecular weight excluding hydrogens is 258 g/mol. The monoisotopic (exact) mass is 271 g/mol. The molecule has 1 aromatic carbocycles. The predicted octanol–water partition coefficient (Wildman–Crippen LogP) is 2.63. The maximum atomic E-state index is 12.0. The molecule has 0 spiro atoms. The van der Waals surface area contributed by atoms with Gasteiger partial charge in [0.2, 0.25) is 0 Å². The number of aryl methyl sites for hydroxylation is 1. The highest BCUT2D eigenvalue weighted by atomic mass is 32.2. The van der Waals surface area contributed by atoms with Gasteiger partial charge in [-0.05, 0) is 29.9 Å². The highest BCUT2D eigenvalue weighted by Gasteiger charge is 2.23. The number of carbonyl (C=O) groups is 1. The fraction of sp³-hybridized carbons (Fsp3) is 0.214. The fourth-order valence-electron chi connectivity index (χ4n) is 1.90. The fourth-order valence-corrected chi connectivity index (χ4v) is 2.17. The molecule has 0 aliphatic carbocycles. The number of aromatic nitrogens is 2. The van der Waals surface area contributed by atoms with E-state index in [1.807, 2.05) is 43.6 Å². The normalized spacial score (nSPS) is 12.7. The van der Waals surface area contributed by atoms with Gasteiger partial charge in [0.1, 0.15) is 5.82 Å². The molecule has 0 aliphatic rings. The summed E-state index contributed by atoms with van der Waals surface area (Å²) in [6.45, 7) is 0. The number of carbonyl (C=O) groups excluding carboxylic acids is 1. The van der Waals surface area contributed by atoms with Crippen molar-refractivity contribution in [3.05, 3.63) is 41.6 Å². The molecule has 0 saturated carbocycles. The van der Waals surface area contributed by atoms with E-state index in [1.54, 1.807) is 9.98 Å². The van der Waals surface area contributed by atoms with Gasteiger partial charge in [-0.2, -0.15) is 5.26 Å². The van der Waals surface area contributed by atoms with Gasteiger partial charge < -0.3 is 4.57 Å². The molecule has 2 rings (SSSR count). The van der Waals surface area contributed by atoms with E-state index in [1.165, 1.54) is 17.8 Å². The van der Waals surface area contributed by atoms with Crippen LogP contribution in [0.2, 0.25) is 0 Å². The second-order valence-electron chi connectivity index (χ2n) is 4.02. The molecule has 0 radical (unpaired) electrons. The Morgan fingerprint density at radius 3 is 2.89 bits per heavy atom. The van der Waals surface area contributed by atoms with Crippen molar-refractivity contribution in [1.29, 1.82) is 5.26 Å². The zero-order valence-electron chi connectivity index (χ0n) is 10.7. The maximum Gasteiger partial charge on any atom is 0.181 e. The number of para-hydroxylation sites is 2. The van der Waals surface area contributed by atoms with Crippen LogP contribution >= 0.6 is 11.8 Å². The number of hydrogen-bond donors (Lipinski definition) is 0. The summed E-state index contributed by atoms with van der Waals surface area (Å²) in [5, 5.41) is 10.9. The Hall–Kier alpha value is -2.06. The molecule has 2 aromatic rings. The predicted molar refractivity (Wildman–Crippen MR) is 76.7 cm³/mol. The first-order valence-corrected chi connectivity index (χ1v) is 7.02. The molecule has 96 valence electrons. The molecule has 1 aromatic heterocycles. The Morgan fingerprint density at radius 2 is 2.26 bits per heavy atom. The summed E-state index contributed by atoms with van der Waals surface area (Å²) in [5.41, 5.74) is 1.71. The van der Waals surface area contributed by atoms with Crippen LogP contribution in [0.1, 0.15) is 11.7 Å². The number of allylic oxidation sites excluding steroid dienone is 1. The average molecular weight is 271 g/mol. The van der Waals surface area contributed by atoms with E-state index >= 15 is 0 Å². The van der Waals surface area contributed by atoms with Crippen molar-refractivity contribution in [1.82, 2.24) is 9.55 Å². The van der Waals surface area contributed by atoms with Gasteiger partial charge in [-0.15, -0.1) is 11.8 Å². The van der Waals surface area contributed by atoms with Crippen LogP contribution in [-0.4, -0.2) is 21.6 Å². The van der Waals surface area contributed by atoms with Crippen molar-refractivity contribution >= 4 is 28.6 Å². The number of fused-ring (bicyclic) bond motifs is 1. The Bertz CT molecular complexity index is 682. The van der Waals surface area contributed by atoms with E-state index < -0.39 is 5.92 Å². The molecule has 1 unspecified atom stereocenters. The van der Waals surface area contributed by atoms with Gasteiger partial charge >= 0.3 is 0 Å². The summed E-state index contributed by atoms with van der Waals surface area (Å²) in [4.78, 5) is 16.4. The van der Waals surface area contributed by atoms with E-state index in [0.717, 1.165) is 11.0 Å². The number of nitriles is 1. The molecule has 0 fully saturated rings. The first-order valence-electron chi connectivity index (χ1n) is 5.73. The van der Waals surface area contributed by atoms with E-state index in [9.17, 15) is 10.1 Å². The van der Waals surface area contributed by atoms with Crippen LogP contribution in [0.15, 0.2) is 35.7 Å². The van der Waals surface area contributed by atoms with Crippen LogP contribution in [0.5, 0.6) is 0 Å². The average Bonchev–Trinajstić information content (AvgIpc) is 2.75. The number of thioether (sulfide) groups is 1. The Kier molecular flexibility index (Phi) is 4.03. The summed E-state index contributed by atoms with van der Waals surface area (Å²) in [5.74, 6) is -0.615. The third kappa shape index (κ3) is 2.54. The quantitative estimate of drug-likeness (QED) is 0.802. The highest BCUT2D eigenvalue weighted by molar-refractivity contribution is 8.01. The van der Waals surface area contributed by atoms with Crippen LogP contribution in [0.25, 0.3) is 11.0 Å². The summed E-state index contributed by atoms with van der Waals surface area (Å²) in [6, 6.07) is 9.62. The lowest BCUT2D eigenvalue weighted by molar-refractivity contribution is -0.115. The van der Waals surface area contributed by atoms with Gasteiger partial charge in [-0.25, -0.2) is 4.98 Å². The molecule has 0 N–H and O–H groups in total. The Labute approximate surface area is 115 Å². The molecule has 5 heteroatoms. The standard InChI is InChI=1S/C14H13N3OS/c1-17-12-6-4-3-5-11(12)16-14(17)10(9-15)13(18)7-8-19-2/h3-8,10H,1-2H3/b8-7+. The number of imidazole rings is 1. The van der Waals surface area contributed by atoms with Crippen molar-refractivity contribution < 1.29 is 4.79 Å². The molecular formula is C14H13N3OS. The minimum atomic E-state index is -0.860. The van der Waals surface area contributed by atoms with Gasteiger partial charge in [0, 0.05) is 7.05 Å². The van der Waals surface area contributed by atoms with Crippen molar-refractivity contribution in [2.45, 2.75) is 5.92 Å². The summed E-state index contributed by atoms with van der Waals surface area (Å²) in [6.07, 6.45) is 3.29. The zero-order chi connectivity index (χ0) is 13.8. The second kappa shape index (κ2) is 5.72. The highest BCUT2D eigenvalue weighted by Crippen LogP contribution is 2.21. The maximum absolute atomic E-state index is 12.0. The molecule has 4 nitrogen and oxygen atoms in total. The van der Waals surface area contributed by atoms with E-state index in [2.05, 4.69) is 4.98 Å². The van der Waals surface area contributed by atoms with Crippen LogP contribution in [0.4, 0.5) is 0 Å². The van der Waals surface area contributed by atoms with Crippen molar-refractivity contribution in [3.8, 4) is 6.07 Å². The summed E-state index contributed by atoms with van der Waals surface area (Å²) in [7, 11) is 1.82. The van der Waals surface area contributed by atoms with Crippen molar-refractivity contribution in [3.63, 3.8) is 0 Å². The lowest BCUT2D eigenvalue weighted by Gasteiger charge is -2.05. The van der Waals surface area contributed by atoms with Crippen molar-refractivity contribution in [2.75, 3.05) is 6.26 Å². The molecule has 0 aliphatic heterocycles. The molecule has 0 bridgehead atoms. The van der Waals surface area contributed by atoms with Crippen molar-refractivity contribution in [2.24, 2.45) is 7.05 Å². The second-order valence-corrected chi connectivity index (χ2v) is 4.76. The van der Waals surface area contributed by atoms with Crippen LogP contribution < -0.4 is 0 Å². The van der Waals surface area contributed by atoms with Gasteiger partial charge in [-0.1, -0.05) is 12.1 Å². The number of benzene rings is 1. The molecule has 19 heavy (non-hydrogen) atoms. The largest absolute Gasteiger partial charge is 0.330 e. The number of hydrogen-bond acceptors (Lipinski definition) is 4. The van der Waals surface area contributed by atoms with Gasteiger partial charge in [0.15, 0.2) is 11.7 Å². The van der Waals surface area contributed by atoms with Gasteiger partial charge in [0.25, 0.3) is 0 Å². The summed E-state index contributed by atoms with van der Waals surface area (Å²) < 4.78 is 1.80. The third-order valence-electron chi connectivity index (χ3n) is 2.86. The Morgan fingerprint density at radius 1 is 1.53 bits per heavy atom. The smallest absolute Gasteiger partial charge is 0.181 e. The van der Waals surface area contributed by atoms with Crippen LogP contribution in [0.3, 0.4) is 0 Å². The van der Waals surface area contributed by atoms with E-state index in [4.69, 9.17) is 0 Å².